The number of hydrogen-bond donors (Lipinski definition) is 1. The molecule has 1 aromatic heterocycles. The third kappa shape index (κ3) is 1.90. The Morgan fingerprint density at radius 2 is 2.12 bits per heavy atom. The van der Waals surface area contributed by atoms with Crippen molar-refractivity contribution in [3.63, 3.8) is 0 Å². The fourth-order valence-corrected chi connectivity index (χ4v) is 1.92. The fraction of sp³-hybridized carbons (Fsp3) is 0.385. The Labute approximate surface area is 94.4 Å². The lowest BCUT2D eigenvalue weighted by molar-refractivity contribution is 0.322. The van der Waals surface area contributed by atoms with Crippen molar-refractivity contribution in [2.24, 2.45) is 0 Å². The molecule has 0 unspecified atom stereocenters. The monoisotopic (exact) mass is 221 g/mol. The summed E-state index contributed by atoms with van der Waals surface area (Å²) in [5.74, 6) is 0.0335. The molecule has 0 saturated carbocycles. The van der Waals surface area contributed by atoms with E-state index in [4.69, 9.17) is 4.74 Å². The molecule has 86 valence electrons. The number of benzene rings is 1. The first-order chi connectivity index (χ1) is 7.76. The standard InChI is InChI=1S/C13H16FNO/c1-3-5-9-8-15-12-7-11(14)13(16-4-2)6-10(9)12/h6-8,15H,3-5H2,1-2H3. The lowest BCUT2D eigenvalue weighted by Gasteiger charge is -2.05. The number of nitrogens with one attached hydrogen (secondary N) is 1. The number of H-pyrrole nitrogens is 1. The van der Waals surface area contributed by atoms with Crippen LogP contribution in [-0.2, 0) is 6.42 Å². The van der Waals surface area contributed by atoms with Gasteiger partial charge in [0.2, 0.25) is 0 Å². The van der Waals surface area contributed by atoms with Gasteiger partial charge in [0, 0.05) is 23.2 Å². The molecule has 1 N–H and O–H groups in total. The third-order valence-electron chi connectivity index (χ3n) is 2.64. The van der Waals surface area contributed by atoms with Crippen LogP contribution in [-0.4, -0.2) is 11.6 Å². The van der Waals surface area contributed by atoms with Crippen LogP contribution >= 0.6 is 0 Å². The minimum Gasteiger partial charge on any atom is -0.491 e. The maximum Gasteiger partial charge on any atom is 0.167 e. The topological polar surface area (TPSA) is 25.0 Å². The first kappa shape index (κ1) is 11.0. The van der Waals surface area contributed by atoms with Crippen molar-refractivity contribution in [3.8, 4) is 5.75 Å². The number of halogens is 1. The van der Waals surface area contributed by atoms with Gasteiger partial charge in [0.25, 0.3) is 0 Å². The zero-order valence-electron chi connectivity index (χ0n) is 9.64. The molecule has 2 aromatic rings. The van der Waals surface area contributed by atoms with Crippen molar-refractivity contribution < 1.29 is 9.13 Å². The Balaban J connectivity index is 2.50. The lowest BCUT2D eigenvalue weighted by Crippen LogP contribution is -1.94. The predicted molar refractivity (Wildman–Crippen MR) is 63.4 cm³/mol. The molecule has 0 atom stereocenters. The van der Waals surface area contributed by atoms with Crippen LogP contribution in [0.2, 0.25) is 0 Å². The largest absolute Gasteiger partial charge is 0.491 e. The van der Waals surface area contributed by atoms with Gasteiger partial charge < -0.3 is 9.72 Å². The van der Waals surface area contributed by atoms with E-state index < -0.39 is 0 Å². The number of hydrogen-bond acceptors (Lipinski definition) is 1. The van der Waals surface area contributed by atoms with E-state index in [9.17, 15) is 4.39 Å². The van der Waals surface area contributed by atoms with E-state index in [0.717, 1.165) is 23.7 Å². The Hall–Kier alpha value is -1.51. The van der Waals surface area contributed by atoms with Crippen LogP contribution in [0.4, 0.5) is 4.39 Å². The number of aromatic nitrogens is 1. The van der Waals surface area contributed by atoms with Gasteiger partial charge in [0.1, 0.15) is 0 Å². The molecular weight excluding hydrogens is 205 g/mol. The molecule has 16 heavy (non-hydrogen) atoms. The minimum atomic E-state index is -0.306. The molecule has 0 spiro atoms. The minimum absolute atomic E-state index is 0.306. The Morgan fingerprint density at radius 1 is 1.31 bits per heavy atom. The average Bonchev–Trinajstić information content (AvgIpc) is 2.63. The average molecular weight is 221 g/mol. The molecule has 0 radical (unpaired) electrons. The molecule has 1 heterocycles. The highest BCUT2D eigenvalue weighted by Crippen LogP contribution is 2.27. The summed E-state index contributed by atoms with van der Waals surface area (Å²) in [5.41, 5.74) is 2.06. The molecule has 1 aromatic carbocycles. The molecular formula is C13H16FNO. The van der Waals surface area contributed by atoms with E-state index in [2.05, 4.69) is 11.9 Å². The highest BCUT2D eigenvalue weighted by Gasteiger charge is 2.09. The maximum atomic E-state index is 13.6. The van der Waals surface area contributed by atoms with Gasteiger partial charge in [-0.05, 0) is 25.0 Å². The van der Waals surface area contributed by atoms with Gasteiger partial charge in [-0.3, -0.25) is 0 Å². The van der Waals surface area contributed by atoms with Crippen LogP contribution in [0.3, 0.4) is 0 Å². The van der Waals surface area contributed by atoms with Crippen LogP contribution in [0, 0.1) is 5.82 Å². The fourth-order valence-electron chi connectivity index (χ4n) is 1.92. The van der Waals surface area contributed by atoms with E-state index in [1.165, 1.54) is 11.6 Å². The summed E-state index contributed by atoms with van der Waals surface area (Å²) < 4.78 is 18.8. The van der Waals surface area contributed by atoms with Gasteiger partial charge in [-0.25, -0.2) is 4.39 Å². The number of rotatable bonds is 4. The Kier molecular flexibility index (Phi) is 3.13. The van der Waals surface area contributed by atoms with Crippen LogP contribution in [0.1, 0.15) is 25.8 Å². The molecule has 3 heteroatoms. The second-order valence-corrected chi connectivity index (χ2v) is 3.83. The molecule has 0 aliphatic heterocycles. The first-order valence-electron chi connectivity index (χ1n) is 5.68. The highest BCUT2D eigenvalue weighted by atomic mass is 19.1. The summed E-state index contributed by atoms with van der Waals surface area (Å²) in [6.07, 6.45) is 4.02. The van der Waals surface area contributed by atoms with E-state index in [-0.39, 0.29) is 5.82 Å². The molecule has 0 aliphatic carbocycles. The summed E-state index contributed by atoms with van der Waals surface area (Å²) in [6.45, 7) is 4.47. The molecule has 2 rings (SSSR count). The SMILES string of the molecule is CCCc1c[nH]c2cc(F)c(OCC)cc12. The smallest absolute Gasteiger partial charge is 0.167 e. The molecule has 2 nitrogen and oxygen atoms in total. The van der Waals surface area contributed by atoms with Gasteiger partial charge >= 0.3 is 0 Å². The highest BCUT2D eigenvalue weighted by molar-refractivity contribution is 5.84. The van der Waals surface area contributed by atoms with E-state index >= 15 is 0 Å². The molecule has 0 aliphatic rings. The van der Waals surface area contributed by atoms with Crippen molar-refractivity contribution in [1.82, 2.24) is 4.98 Å². The van der Waals surface area contributed by atoms with Gasteiger partial charge in [-0.15, -0.1) is 0 Å². The van der Waals surface area contributed by atoms with E-state index in [1.807, 2.05) is 13.1 Å². The number of aromatic amines is 1. The molecule has 0 fully saturated rings. The number of aryl methyl sites for hydroxylation is 1. The molecule has 0 saturated heterocycles. The van der Waals surface area contributed by atoms with Gasteiger partial charge in [-0.2, -0.15) is 0 Å². The quantitative estimate of drug-likeness (QED) is 0.837. The van der Waals surface area contributed by atoms with Crippen LogP contribution in [0.25, 0.3) is 10.9 Å². The van der Waals surface area contributed by atoms with E-state index in [1.54, 1.807) is 6.07 Å². The zero-order chi connectivity index (χ0) is 11.5. The number of fused-ring (bicyclic) bond motifs is 1. The Morgan fingerprint density at radius 3 is 2.81 bits per heavy atom. The summed E-state index contributed by atoms with van der Waals surface area (Å²) >= 11 is 0. The van der Waals surface area contributed by atoms with Crippen molar-refractivity contribution >= 4 is 10.9 Å². The molecule has 0 bridgehead atoms. The van der Waals surface area contributed by atoms with Crippen molar-refractivity contribution in [2.75, 3.05) is 6.61 Å². The van der Waals surface area contributed by atoms with Crippen LogP contribution < -0.4 is 4.74 Å². The zero-order valence-corrected chi connectivity index (χ0v) is 9.64. The summed E-state index contributed by atoms with van der Waals surface area (Å²) in [6, 6.07) is 3.29. The summed E-state index contributed by atoms with van der Waals surface area (Å²) in [7, 11) is 0. The summed E-state index contributed by atoms with van der Waals surface area (Å²) in [5, 5.41) is 1.06. The van der Waals surface area contributed by atoms with Crippen LogP contribution in [0.5, 0.6) is 5.75 Å². The summed E-state index contributed by atoms with van der Waals surface area (Å²) in [4.78, 5) is 3.09. The van der Waals surface area contributed by atoms with Crippen molar-refractivity contribution in [2.45, 2.75) is 26.7 Å². The Bertz CT molecular complexity index is 490. The van der Waals surface area contributed by atoms with Crippen molar-refractivity contribution in [1.29, 1.82) is 0 Å². The maximum absolute atomic E-state index is 13.6. The van der Waals surface area contributed by atoms with Crippen molar-refractivity contribution in [3.05, 3.63) is 29.7 Å². The lowest BCUT2D eigenvalue weighted by atomic mass is 10.1. The number of ether oxygens (including phenoxy) is 1. The third-order valence-corrected chi connectivity index (χ3v) is 2.64. The van der Waals surface area contributed by atoms with Crippen LogP contribution in [0.15, 0.2) is 18.3 Å². The second-order valence-electron chi connectivity index (χ2n) is 3.83. The first-order valence-corrected chi connectivity index (χ1v) is 5.68. The second kappa shape index (κ2) is 4.56. The predicted octanol–water partition coefficient (Wildman–Crippen LogP) is 3.66. The van der Waals surface area contributed by atoms with Gasteiger partial charge in [0.15, 0.2) is 11.6 Å². The molecule has 0 amide bonds. The van der Waals surface area contributed by atoms with E-state index in [0.29, 0.717) is 12.4 Å². The van der Waals surface area contributed by atoms with Gasteiger partial charge in [-0.1, -0.05) is 13.3 Å². The normalized spacial score (nSPS) is 10.9. The van der Waals surface area contributed by atoms with Gasteiger partial charge in [0.05, 0.1) is 6.61 Å².